The molecule has 32 heavy (non-hydrogen) atoms. The number of hydrogen-bond donors (Lipinski definition) is 3. The maximum Gasteiger partial charge on any atom is 0.337 e. The summed E-state index contributed by atoms with van der Waals surface area (Å²) in [7, 11) is -2.78. The van der Waals surface area contributed by atoms with Crippen LogP contribution in [0.15, 0.2) is 71.6 Å². The number of urea groups is 1. The molecule has 0 heterocycles. The molecule has 0 bridgehead atoms. The minimum atomic E-state index is -4.01. The van der Waals surface area contributed by atoms with Gasteiger partial charge in [0, 0.05) is 11.4 Å². The molecule has 8 nitrogen and oxygen atoms in total. The molecule has 9 heteroatoms. The molecular formula is C23H23N3O5S. The van der Waals surface area contributed by atoms with Gasteiger partial charge >= 0.3 is 12.0 Å². The van der Waals surface area contributed by atoms with Gasteiger partial charge in [0.1, 0.15) is 0 Å². The fraction of sp³-hybridized carbons (Fsp3) is 0.130. The van der Waals surface area contributed by atoms with Gasteiger partial charge in [-0.1, -0.05) is 30.3 Å². The number of sulfonamides is 1. The lowest BCUT2D eigenvalue weighted by molar-refractivity contribution is 0.0600. The molecule has 3 N–H and O–H groups in total. The third-order valence-electron chi connectivity index (χ3n) is 4.67. The maximum atomic E-state index is 13.0. The molecule has 0 spiro atoms. The lowest BCUT2D eigenvalue weighted by atomic mass is 10.1. The monoisotopic (exact) mass is 453 g/mol. The fourth-order valence-electron chi connectivity index (χ4n) is 2.96. The number of ether oxygens (including phenoxy) is 1. The highest BCUT2D eigenvalue weighted by Crippen LogP contribution is 2.26. The van der Waals surface area contributed by atoms with Crippen LogP contribution in [0.3, 0.4) is 0 Å². The highest BCUT2D eigenvalue weighted by molar-refractivity contribution is 7.92. The van der Waals surface area contributed by atoms with E-state index < -0.39 is 22.0 Å². The average molecular weight is 454 g/mol. The van der Waals surface area contributed by atoms with E-state index in [2.05, 4.69) is 20.1 Å². The van der Waals surface area contributed by atoms with Crippen LogP contribution in [0.25, 0.3) is 0 Å². The molecule has 0 saturated heterocycles. The summed E-state index contributed by atoms with van der Waals surface area (Å²) in [4.78, 5) is 24.0. The van der Waals surface area contributed by atoms with Crippen LogP contribution in [0.1, 0.15) is 21.5 Å². The van der Waals surface area contributed by atoms with E-state index in [0.29, 0.717) is 28.2 Å². The van der Waals surface area contributed by atoms with Crippen LogP contribution < -0.4 is 15.4 Å². The quantitative estimate of drug-likeness (QED) is 0.475. The predicted molar refractivity (Wildman–Crippen MR) is 124 cm³/mol. The van der Waals surface area contributed by atoms with Gasteiger partial charge in [0.15, 0.2) is 0 Å². The minimum absolute atomic E-state index is 0.0417. The largest absolute Gasteiger partial charge is 0.465 e. The van der Waals surface area contributed by atoms with Gasteiger partial charge in [-0.05, 0) is 61.4 Å². The van der Waals surface area contributed by atoms with E-state index in [1.165, 1.54) is 25.3 Å². The molecule has 3 aromatic carbocycles. The van der Waals surface area contributed by atoms with Crippen molar-refractivity contribution in [2.24, 2.45) is 0 Å². The standard InChI is InChI=1S/C23H23N3O5S/c1-15-10-12-19(25-23(28)24-18-7-5-4-6-8-18)14-20(15)26-32(29,30)21-13-17(22(27)31-3)11-9-16(21)2/h4-14,26H,1-3H3,(H2,24,25,28). The Morgan fingerprint density at radius 2 is 1.47 bits per heavy atom. The number of carbonyl (C=O) groups is 2. The number of nitrogens with one attached hydrogen (secondary N) is 3. The molecule has 0 saturated carbocycles. The van der Waals surface area contributed by atoms with Crippen LogP contribution in [0.2, 0.25) is 0 Å². The van der Waals surface area contributed by atoms with Gasteiger partial charge in [-0.2, -0.15) is 0 Å². The molecule has 3 aromatic rings. The number of carbonyl (C=O) groups excluding carboxylic acids is 2. The Hall–Kier alpha value is -3.85. The number of amides is 2. The van der Waals surface area contributed by atoms with E-state index in [-0.39, 0.29) is 10.5 Å². The Bertz CT molecular complexity index is 1260. The van der Waals surface area contributed by atoms with Crippen molar-refractivity contribution in [2.75, 3.05) is 22.5 Å². The highest BCUT2D eigenvalue weighted by atomic mass is 32.2. The van der Waals surface area contributed by atoms with E-state index >= 15 is 0 Å². The second-order valence-corrected chi connectivity index (χ2v) is 8.70. The Balaban J connectivity index is 1.83. The van der Waals surface area contributed by atoms with Crippen LogP contribution in [0.4, 0.5) is 21.9 Å². The van der Waals surface area contributed by atoms with Gasteiger partial charge in [-0.25, -0.2) is 18.0 Å². The van der Waals surface area contributed by atoms with Gasteiger partial charge in [-0.3, -0.25) is 4.72 Å². The molecule has 0 aromatic heterocycles. The summed E-state index contributed by atoms with van der Waals surface area (Å²) < 4.78 is 33.3. The van der Waals surface area contributed by atoms with Crippen LogP contribution in [-0.2, 0) is 14.8 Å². The van der Waals surface area contributed by atoms with Crippen molar-refractivity contribution in [3.05, 3.63) is 83.4 Å². The first-order chi connectivity index (χ1) is 15.2. The van der Waals surface area contributed by atoms with Crippen LogP contribution in [-0.4, -0.2) is 27.5 Å². The summed E-state index contributed by atoms with van der Waals surface area (Å²) in [5.41, 5.74) is 2.58. The molecule has 0 atom stereocenters. The van der Waals surface area contributed by atoms with Crippen LogP contribution >= 0.6 is 0 Å². The fourth-order valence-corrected chi connectivity index (χ4v) is 4.35. The topological polar surface area (TPSA) is 114 Å². The zero-order chi connectivity index (χ0) is 23.3. The van der Waals surface area contributed by atoms with Crippen molar-refractivity contribution in [2.45, 2.75) is 18.7 Å². The van der Waals surface area contributed by atoms with Gasteiger partial charge in [0.2, 0.25) is 0 Å². The number of methoxy groups -OCH3 is 1. The first-order valence-corrected chi connectivity index (χ1v) is 11.1. The number of hydrogen-bond acceptors (Lipinski definition) is 5. The summed E-state index contributed by atoms with van der Waals surface area (Å²) in [6, 6.07) is 17.7. The third kappa shape index (κ3) is 5.44. The summed E-state index contributed by atoms with van der Waals surface area (Å²) in [6.45, 7) is 3.37. The Kier molecular flexibility index (Phi) is 6.79. The lowest BCUT2D eigenvalue weighted by Gasteiger charge is -2.15. The van der Waals surface area contributed by atoms with Crippen molar-refractivity contribution < 1.29 is 22.7 Å². The summed E-state index contributed by atoms with van der Waals surface area (Å²) in [6.07, 6.45) is 0. The molecule has 166 valence electrons. The van der Waals surface area contributed by atoms with Gasteiger partial charge in [0.25, 0.3) is 10.0 Å². The van der Waals surface area contributed by atoms with E-state index in [4.69, 9.17) is 0 Å². The third-order valence-corrected chi connectivity index (χ3v) is 6.18. The lowest BCUT2D eigenvalue weighted by Crippen LogP contribution is -2.20. The molecule has 0 radical (unpaired) electrons. The molecule has 0 fully saturated rings. The molecule has 0 unspecified atom stereocenters. The summed E-state index contributed by atoms with van der Waals surface area (Å²) in [5, 5.41) is 5.38. The van der Waals surface area contributed by atoms with Crippen molar-refractivity contribution in [1.82, 2.24) is 0 Å². The first-order valence-electron chi connectivity index (χ1n) is 9.65. The predicted octanol–water partition coefficient (Wildman–Crippen LogP) is 4.53. The van der Waals surface area contributed by atoms with E-state index in [1.807, 2.05) is 6.07 Å². The minimum Gasteiger partial charge on any atom is -0.465 e. The van der Waals surface area contributed by atoms with E-state index in [0.717, 1.165) is 0 Å². The summed E-state index contributed by atoms with van der Waals surface area (Å²) in [5.74, 6) is -0.631. The number of benzene rings is 3. The number of para-hydroxylation sites is 1. The Morgan fingerprint density at radius 3 is 2.16 bits per heavy atom. The highest BCUT2D eigenvalue weighted by Gasteiger charge is 2.20. The van der Waals surface area contributed by atoms with E-state index in [9.17, 15) is 18.0 Å². The number of rotatable bonds is 6. The van der Waals surface area contributed by atoms with E-state index in [1.54, 1.807) is 56.3 Å². The van der Waals surface area contributed by atoms with Gasteiger partial charge in [0.05, 0.1) is 23.3 Å². The SMILES string of the molecule is COC(=O)c1ccc(C)c(S(=O)(=O)Nc2cc(NC(=O)Nc3ccccc3)ccc2C)c1. The second kappa shape index (κ2) is 9.52. The number of esters is 1. The second-order valence-electron chi connectivity index (χ2n) is 7.05. The van der Waals surface area contributed by atoms with Crippen molar-refractivity contribution in [1.29, 1.82) is 0 Å². The Morgan fingerprint density at radius 1 is 0.812 bits per heavy atom. The van der Waals surface area contributed by atoms with Crippen molar-refractivity contribution in [3.63, 3.8) is 0 Å². The molecule has 0 aliphatic rings. The van der Waals surface area contributed by atoms with Crippen LogP contribution in [0, 0.1) is 13.8 Å². The molecule has 0 aliphatic heterocycles. The van der Waals surface area contributed by atoms with Crippen molar-refractivity contribution in [3.8, 4) is 0 Å². The van der Waals surface area contributed by atoms with Gasteiger partial charge < -0.3 is 15.4 Å². The zero-order valence-corrected chi connectivity index (χ0v) is 18.6. The van der Waals surface area contributed by atoms with Gasteiger partial charge in [-0.15, -0.1) is 0 Å². The molecule has 0 aliphatic carbocycles. The smallest absolute Gasteiger partial charge is 0.337 e. The molecule has 2 amide bonds. The molecular weight excluding hydrogens is 430 g/mol. The zero-order valence-electron chi connectivity index (χ0n) is 17.8. The first kappa shape index (κ1) is 22.8. The average Bonchev–Trinajstić information content (AvgIpc) is 2.76. The number of anilines is 3. The summed E-state index contributed by atoms with van der Waals surface area (Å²) >= 11 is 0. The van der Waals surface area contributed by atoms with Crippen LogP contribution in [0.5, 0.6) is 0 Å². The maximum absolute atomic E-state index is 13.0. The molecule has 3 rings (SSSR count). The normalized spacial score (nSPS) is 10.8. The number of aryl methyl sites for hydroxylation is 2. The Labute approximate surface area is 186 Å². The van der Waals surface area contributed by atoms with Crippen molar-refractivity contribution >= 4 is 39.1 Å².